The first-order chi connectivity index (χ1) is 10.6. The van der Waals surface area contributed by atoms with Crippen LogP contribution in [0.25, 0.3) is 10.8 Å². The van der Waals surface area contributed by atoms with Crippen molar-refractivity contribution in [1.82, 2.24) is 9.88 Å². The Morgan fingerprint density at radius 2 is 2.36 bits per heavy atom. The van der Waals surface area contributed by atoms with Crippen LogP contribution in [0.3, 0.4) is 0 Å². The molecule has 0 spiro atoms. The number of ether oxygens (including phenoxy) is 1. The second-order valence-corrected chi connectivity index (χ2v) is 5.86. The minimum absolute atomic E-state index is 0.129. The number of carboxylic acids is 1. The Morgan fingerprint density at radius 3 is 3.09 bits per heavy atom. The molecule has 3 rings (SSSR count). The van der Waals surface area contributed by atoms with Crippen LogP contribution in [0.5, 0.6) is 0 Å². The van der Waals surface area contributed by atoms with Gasteiger partial charge in [-0.2, -0.15) is 0 Å². The minimum atomic E-state index is -0.950. The van der Waals surface area contributed by atoms with Crippen molar-refractivity contribution in [3.63, 3.8) is 0 Å². The average molecular weight is 322 g/mol. The van der Waals surface area contributed by atoms with Crippen LogP contribution in [0.15, 0.2) is 29.0 Å². The van der Waals surface area contributed by atoms with Crippen molar-refractivity contribution in [3.05, 3.63) is 29.5 Å². The van der Waals surface area contributed by atoms with Crippen LogP contribution in [-0.4, -0.2) is 52.7 Å². The monoisotopic (exact) mass is 322 g/mol. The summed E-state index contributed by atoms with van der Waals surface area (Å²) < 4.78 is 10.5. The summed E-state index contributed by atoms with van der Waals surface area (Å²) in [4.78, 5) is 29.7. The van der Waals surface area contributed by atoms with E-state index in [1.807, 2.05) is 0 Å². The molecule has 0 aromatic carbocycles. The molecule has 0 bridgehead atoms. The first-order valence-electron chi connectivity index (χ1n) is 6.75. The summed E-state index contributed by atoms with van der Waals surface area (Å²) in [7, 11) is 0. The summed E-state index contributed by atoms with van der Waals surface area (Å²) in [6, 6.07) is 3.07. The number of amides is 1. The number of thiazole rings is 1. The molecule has 1 N–H and O–H groups in total. The van der Waals surface area contributed by atoms with Crippen LogP contribution >= 0.6 is 11.3 Å². The number of aliphatic carboxylic acids is 1. The Hall–Kier alpha value is -2.19. The number of hydrogen-bond acceptors (Lipinski definition) is 6. The average Bonchev–Trinajstić information content (AvgIpc) is 3.17. The number of nitrogens with zero attached hydrogens (tertiary/aromatic N) is 2. The van der Waals surface area contributed by atoms with Crippen LogP contribution in [-0.2, 0) is 9.53 Å². The number of carbonyl (C=O) groups is 2. The van der Waals surface area contributed by atoms with Crippen molar-refractivity contribution < 1.29 is 23.8 Å². The lowest BCUT2D eigenvalue weighted by Gasteiger charge is -2.34. The quantitative estimate of drug-likeness (QED) is 0.921. The van der Waals surface area contributed by atoms with Gasteiger partial charge in [0.1, 0.15) is 4.88 Å². The number of carboxylic acid groups (broad SMARTS) is 1. The van der Waals surface area contributed by atoms with Crippen molar-refractivity contribution in [1.29, 1.82) is 0 Å². The largest absolute Gasteiger partial charge is 0.481 e. The van der Waals surface area contributed by atoms with Gasteiger partial charge in [0.25, 0.3) is 5.91 Å². The Morgan fingerprint density at radius 1 is 1.50 bits per heavy atom. The van der Waals surface area contributed by atoms with Crippen LogP contribution in [0, 0.1) is 0 Å². The Labute approximate surface area is 130 Å². The van der Waals surface area contributed by atoms with E-state index in [2.05, 4.69) is 4.98 Å². The van der Waals surface area contributed by atoms with Crippen molar-refractivity contribution in [2.75, 3.05) is 19.8 Å². The number of rotatable bonds is 4. The molecule has 0 aliphatic carbocycles. The van der Waals surface area contributed by atoms with E-state index in [0.29, 0.717) is 28.8 Å². The highest BCUT2D eigenvalue weighted by molar-refractivity contribution is 7.16. The van der Waals surface area contributed by atoms with Gasteiger partial charge in [-0.3, -0.25) is 9.59 Å². The molecule has 1 atom stereocenters. The molecule has 116 valence electrons. The summed E-state index contributed by atoms with van der Waals surface area (Å²) in [6.07, 6.45) is 2.91. The van der Waals surface area contributed by atoms with E-state index in [-0.39, 0.29) is 18.9 Å². The number of aromatic nitrogens is 1. The first kappa shape index (κ1) is 14.7. The molecule has 0 radical (unpaired) electrons. The molecule has 1 fully saturated rings. The van der Waals surface area contributed by atoms with Gasteiger partial charge in [-0.1, -0.05) is 0 Å². The third-order valence-electron chi connectivity index (χ3n) is 3.35. The van der Waals surface area contributed by atoms with Crippen LogP contribution < -0.4 is 0 Å². The summed E-state index contributed by atoms with van der Waals surface area (Å²) >= 11 is 1.23. The van der Waals surface area contributed by atoms with Crippen LogP contribution in [0.1, 0.15) is 16.1 Å². The molecule has 1 aliphatic heterocycles. The van der Waals surface area contributed by atoms with Gasteiger partial charge in [0.2, 0.25) is 0 Å². The highest BCUT2D eigenvalue weighted by Crippen LogP contribution is 2.27. The smallest absolute Gasteiger partial charge is 0.305 e. The zero-order valence-corrected chi connectivity index (χ0v) is 12.4. The highest BCUT2D eigenvalue weighted by Gasteiger charge is 2.30. The molecule has 2 aromatic heterocycles. The van der Waals surface area contributed by atoms with E-state index < -0.39 is 12.0 Å². The Kier molecular flexibility index (Phi) is 4.21. The van der Waals surface area contributed by atoms with Crippen molar-refractivity contribution in [3.8, 4) is 10.8 Å². The van der Waals surface area contributed by atoms with Crippen LogP contribution in [0.4, 0.5) is 0 Å². The van der Waals surface area contributed by atoms with Gasteiger partial charge in [-0.15, -0.1) is 11.3 Å². The summed E-state index contributed by atoms with van der Waals surface area (Å²) in [5.74, 6) is -0.563. The number of furan rings is 1. The van der Waals surface area contributed by atoms with Gasteiger partial charge in [0.05, 0.1) is 38.1 Å². The van der Waals surface area contributed by atoms with Crippen molar-refractivity contribution in [2.24, 2.45) is 0 Å². The SMILES string of the molecule is O=C(O)CC1COCCN1C(=O)c1cnc(-c2ccco2)s1. The fraction of sp³-hybridized carbons (Fsp3) is 0.357. The summed E-state index contributed by atoms with van der Waals surface area (Å²) in [5.41, 5.74) is 0. The second-order valence-electron chi connectivity index (χ2n) is 4.83. The molecule has 22 heavy (non-hydrogen) atoms. The lowest BCUT2D eigenvalue weighted by Crippen LogP contribution is -2.49. The lowest BCUT2D eigenvalue weighted by molar-refractivity contribution is -0.139. The van der Waals surface area contributed by atoms with Gasteiger partial charge >= 0.3 is 5.97 Å². The van der Waals surface area contributed by atoms with E-state index in [4.69, 9.17) is 14.3 Å². The fourth-order valence-electron chi connectivity index (χ4n) is 2.32. The van der Waals surface area contributed by atoms with Gasteiger partial charge in [-0.25, -0.2) is 4.98 Å². The molecule has 2 aromatic rings. The topological polar surface area (TPSA) is 92.9 Å². The molecule has 3 heterocycles. The van der Waals surface area contributed by atoms with E-state index >= 15 is 0 Å². The molecular weight excluding hydrogens is 308 g/mol. The zero-order valence-electron chi connectivity index (χ0n) is 11.6. The van der Waals surface area contributed by atoms with Crippen LogP contribution in [0.2, 0.25) is 0 Å². The van der Waals surface area contributed by atoms with E-state index in [1.165, 1.54) is 17.5 Å². The zero-order chi connectivity index (χ0) is 15.5. The maximum absolute atomic E-state index is 12.6. The summed E-state index contributed by atoms with van der Waals surface area (Å²) in [6.45, 7) is 1.03. The molecule has 1 aliphatic rings. The fourth-order valence-corrected chi connectivity index (χ4v) is 3.16. The van der Waals surface area contributed by atoms with Crippen molar-refractivity contribution in [2.45, 2.75) is 12.5 Å². The Bertz CT molecular complexity index is 667. The normalized spacial score (nSPS) is 18.4. The van der Waals surface area contributed by atoms with Gasteiger partial charge in [0.15, 0.2) is 10.8 Å². The number of morpholine rings is 1. The molecule has 1 unspecified atom stereocenters. The molecule has 1 amide bonds. The second kappa shape index (κ2) is 6.29. The highest BCUT2D eigenvalue weighted by atomic mass is 32.1. The molecule has 8 heteroatoms. The van der Waals surface area contributed by atoms with Gasteiger partial charge in [0, 0.05) is 6.54 Å². The third-order valence-corrected chi connectivity index (χ3v) is 4.35. The molecular formula is C14H14N2O5S. The maximum atomic E-state index is 12.6. The first-order valence-corrected chi connectivity index (χ1v) is 7.57. The Balaban J connectivity index is 1.78. The van der Waals surface area contributed by atoms with E-state index in [1.54, 1.807) is 23.3 Å². The predicted molar refractivity (Wildman–Crippen MR) is 77.7 cm³/mol. The predicted octanol–water partition coefficient (Wildman–Crippen LogP) is 1.72. The summed E-state index contributed by atoms with van der Waals surface area (Å²) in [5, 5.41) is 9.57. The standard InChI is InChI=1S/C14H14N2O5S/c17-12(18)6-9-8-20-5-3-16(9)14(19)11-7-15-13(22-11)10-2-1-4-21-10/h1-2,4,7,9H,3,5-6,8H2,(H,17,18). The van der Waals surface area contributed by atoms with Crippen molar-refractivity contribution >= 4 is 23.2 Å². The number of carbonyl (C=O) groups excluding carboxylic acids is 1. The third kappa shape index (κ3) is 3.02. The van der Waals surface area contributed by atoms with E-state index in [0.717, 1.165) is 0 Å². The van der Waals surface area contributed by atoms with E-state index in [9.17, 15) is 9.59 Å². The molecule has 1 saturated heterocycles. The molecule has 7 nitrogen and oxygen atoms in total. The maximum Gasteiger partial charge on any atom is 0.305 e. The number of hydrogen-bond donors (Lipinski definition) is 1. The lowest BCUT2D eigenvalue weighted by atomic mass is 10.1. The van der Waals surface area contributed by atoms with Gasteiger partial charge < -0.3 is 19.2 Å². The van der Waals surface area contributed by atoms with Gasteiger partial charge in [-0.05, 0) is 12.1 Å². The molecule has 0 saturated carbocycles. The minimum Gasteiger partial charge on any atom is -0.481 e.